The van der Waals surface area contributed by atoms with Gasteiger partial charge in [0, 0.05) is 30.3 Å². The molecule has 0 bridgehead atoms. The molecule has 152 valence electrons. The zero-order valence-electron chi connectivity index (χ0n) is 16.9. The highest BCUT2D eigenvalue weighted by Gasteiger charge is 2.21. The Labute approximate surface area is 165 Å². The van der Waals surface area contributed by atoms with Crippen molar-refractivity contribution in [2.75, 3.05) is 13.2 Å². The first kappa shape index (κ1) is 20.4. The van der Waals surface area contributed by atoms with E-state index in [4.69, 9.17) is 0 Å². The van der Waals surface area contributed by atoms with Crippen molar-refractivity contribution < 1.29 is 9.90 Å². The van der Waals surface area contributed by atoms with Gasteiger partial charge in [0.2, 0.25) is 0 Å². The van der Waals surface area contributed by atoms with Crippen molar-refractivity contribution in [3.8, 4) is 0 Å². The molecule has 6 nitrogen and oxygen atoms in total. The van der Waals surface area contributed by atoms with Gasteiger partial charge >= 0.3 is 6.03 Å². The summed E-state index contributed by atoms with van der Waals surface area (Å²) in [5, 5.41) is 13.3. The molecular weight excluding hydrogens is 354 g/mol. The number of amides is 2. The molecular formula is C22H31N3O3. The molecule has 1 aliphatic rings. The Morgan fingerprint density at radius 1 is 1.18 bits per heavy atom. The van der Waals surface area contributed by atoms with E-state index < -0.39 is 0 Å². The van der Waals surface area contributed by atoms with E-state index in [2.05, 4.69) is 16.4 Å². The van der Waals surface area contributed by atoms with Crippen LogP contribution >= 0.6 is 0 Å². The summed E-state index contributed by atoms with van der Waals surface area (Å²) in [5.41, 5.74) is 3.50. The van der Waals surface area contributed by atoms with Crippen molar-refractivity contribution in [3.05, 3.63) is 45.2 Å². The highest BCUT2D eigenvalue weighted by Crippen LogP contribution is 2.19. The molecule has 28 heavy (non-hydrogen) atoms. The van der Waals surface area contributed by atoms with Crippen LogP contribution in [-0.4, -0.2) is 40.2 Å². The van der Waals surface area contributed by atoms with Gasteiger partial charge in [0.1, 0.15) is 0 Å². The zero-order valence-corrected chi connectivity index (χ0v) is 16.9. The molecule has 1 aromatic heterocycles. The summed E-state index contributed by atoms with van der Waals surface area (Å²) in [6.07, 6.45) is 6.02. The van der Waals surface area contributed by atoms with E-state index in [1.165, 1.54) is 6.42 Å². The topological polar surface area (TPSA) is 85.4 Å². The fourth-order valence-electron chi connectivity index (χ4n) is 3.87. The molecule has 6 heteroatoms. The molecule has 0 unspecified atom stereocenters. The minimum atomic E-state index is -0.171. The molecule has 0 saturated heterocycles. The minimum absolute atomic E-state index is 0.0136. The maximum Gasteiger partial charge on any atom is 0.317 e. The molecule has 1 aromatic carbocycles. The summed E-state index contributed by atoms with van der Waals surface area (Å²) in [4.78, 5) is 30.0. The molecule has 3 N–H and O–H groups in total. The van der Waals surface area contributed by atoms with Crippen LogP contribution in [0.4, 0.5) is 4.79 Å². The predicted octanol–water partition coefficient (Wildman–Crippen LogP) is 3.37. The van der Waals surface area contributed by atoms with Gasteiger partial charge < -0.3 is 20.3 Å². The van der Waals surface area contributed by atoms with Crippen LogP contribution in [0.5, 0.6) is 0 Å². The number of aromatic nitrogens is 1. The van der Waals surface area contributed by atoms with Gasteiger partial charge in [-0.15, -0.1) is 0 Å². The normalized spacial score (nSPS) is 15.0. The number of aliphatic hydroxyl groups is 1. The summed E-state index contributed by atoms with van der Waals surface area (Å²) < 4.78 is 0. The SMILES string of the molecule is Cc1cc2cc(CN(CCCO)C(=O)NC3CCCCC3)c(=O)[nH]c2cc1C. The number of benzene rings is 1. The first-order valence-electron chi connectivity index (χ1n) is 10.3. The number of aromatic amines is 1. The number of urea groups is 1. The molecule has 2 aromatic rings. The lowest BCUT2D eigenvalue weighted by molar-refractivity contribution is 0.179. The minimum Gasteiger partial charge on any atom is -0.396 e. The first-order valence-corrected chi connectivity index (χ1v) is 10.3. The first-order chi connectivity index (χ1) is 13.5. The fraction of sp³-hybridized carbons (Fsp3) is 0.545. The van der Waals surface area contributed by atoms with Gasteiger partial charge in [-0.2, -0.15) is 0 Å². The van der Waals surface area contributed by atoms with Gasteiger partial charge in [-0.25, -0.2) is 4.79 Å². The fourth-order valence-corrected chi connectivity index (χ4v) is 3.87. The molecule has 0 spiro atoms. The second-order valence-electron chi connectivity index (χ2n) is 7.93. The van der Waals surface area contributed by atoms with Gasteiger partial charge in [0.15, 0.2) is 0 Å². The maximum atomic E-state index is 12.8. The third-order valence-electron chi connectivity index (χ3n) is 5.70. The number of rotatable bonds is 6. The van der Waals surface area contributed by atoms with E-state index in [9.17, 15) is 14.7 Å². The second-order valence-corrected chi connectivity index (χ2v) is 7.93. The van der Waals surface area contributed by atoms with Gasteiger partial charge in [-0.1, -0.05) is 19.3 Å². The van der Waals surface area contributed by atoms with Crippen molar-refractivity contribution in [3.63, 3.8) is 0 Å². The van der Waals surface area contributed by atoms with E-state index in [0.717, 1.165) is 47.7 Å². The predicted molar refractivity (Wildman–Crippen MR) is 112 cm³/mol. The number of H-pyrrole nitrogens is 1. The maximum absolute atomic E-state index is 12.8. The van der Waals surface area contributed by atoms with Crippen LogP contribution in [-0.2, 0) is 6.54 Å². The van der Waals surface area contributed by atoms with Crippen LogP contribution in [0.3, 0.4) is 0 Å². The molecule has 1 fully saturated rings. The number of hydrogen-bond donors (Lipinski definition) is 3. The monoisotopic (exact) mass is 385 g/mol. The quantitative estimate of drug-likeness (QED) is 0.713. The van der Waals surface area contributed by atoms with Crippen molar-refractivity contribution in [2.24, 2.45) is 0 Å². The van der Waals surface area contributed by atoms with Crippen molar-refractivity contribution in [2.45, 2.75) is 65.0 Å². The molecule has 0 radical (unpaired) electrons. The summed E-state index contributed by atoms with van der Waals surface area (Å²) in [7, 11) is 0. The molecule has 1 aliphatic carbocycles. The highest BCUT2D eigenvalue weighted by molar-refractivity contribution is 5.81. The Kier molecular flexibility index (Phi) is 6.73. The average molecular weight is 386 g/mol. The molecule has 1 saturated carbocycles. The largest absolute Gasteiger partial charge is 0.396 e. The van der Waals surface area contributed by atoms with Crippen LogP contribution in [0, 0.1) is 13.8 Å². The Hall–Kier alpha value is -2.34. The summed E-state index contributed by atoms with van der Waals surface area (Å²) in [6.45, 7) is 4.73. The molecule has 1 heterocycles. The lowest BCUT2D eigenvalue weighted by Crippen LogP contribution is -2.46. The van der Waals surface area contributed by atoms with Crippen LogP contribution < -0.4 is 10.9 Å². The van der Waals surface area contributed by atoms with Crippen molar-refractivity contribution >= 4 is 16.9 Å². The number of hydrogen-bond acceptors (Lipinski definition) is 3. The van der Waals surface area contributed by atoms with Crippen molar-refractivity contribution in [1.82, 2.24) is 15.2 Å². The molecule has 0 atom stereocenters. The number of aryl methyl sites for hydroxylation is 2. The van der Waals surface area contributed by atoms with Gasteiger partial charge in [0.25, 0.3) is 5.56 Å². The lowest BCUT2D eigenvalue weighted by atomic mass is 9.96. The number of carbonyl (C=O) groups excluding carboxylic acids is 1. The Bertz CT molecular complexity index is 884. The van der Waals surface area contributed by atoms with Gasteiger partial charge in [-0.05, 0) is 67.8 Å². The third kappa shape index (κ3) is 4.93. The van der Waals surface area contributed by atoms with E-state index in [1.54, 1.807) is 4.90 Å². The zero-order chi connectivity index (χ0) is 20.1. The van der Waals surface area contributed by atoms with Gasteiger partial charge in [-0.3, -0.25) is 4.79 Å². The number of aliphatic hydroxyl groups excluding tert-OH is 1. The van der Waals surface area contributed by atoms with Gasteiger partial charge in [0.05, 0.1) is 6.54 Å². The number of pyridine rings is 1. The Balaban J connectivity index is 1.81. The van der Waals surface area contributed by atoms with E-state index in [1.807, 2.05) is 26.0 Å². The van der Waals surface area contributed by atoms with Crippen molar-refractivity contribution in [1.29, 1.82) is 0 Å². The number of nitrogens with one attached hydrogen (secondary N) is 2. The summed E-state index contributed by atoms with van der Waals surface area (Å²) in [5.74, 6) is 0. The lowest BCUT2D eigenvalue weighted by Gasteiger charge is -2.28. The van der Waals surface area contributed by atoms with E-state index >= 15 is 0 Å². The molecule has 3 rings (SSSR count). The van der Waals surface area contributed by atoms with Crippen LogP contribution in [0.15, 0.2) is 23.0 Å². The highest BCUT2D eigenvalue weighted by atomic mass is 16.3. The van der Waals surface area contributed by atoms with E-state index in [-0.39, 0.29) is 30.8 Å². The number of fused-ring (bicyclic) bond motifs is 1. The Morgan fingerprint density at radius 3 is 2.61 bits per heavy atom. The average Bonchev–Trinajstić information content (AvgIpc) is 2.67. The molecule has 0 aliphatic heterocycles. The summed E-state index contributed by atoms with van der Waals surface area (Å²) in [6, 6.07) is 5.97. The van der Waals surface area contributed by atoms with Crippen LogP contribution in [0.2, 0.25) is 0 Å². The third-order valence-corrected chi connectivity index (χ3v) is 5.70. The van der Waals surface area contributed by atoms with Crippen LogP contribution in [0.1, 0.15) is 55.2 Å². The Morgan fingerprint density at radius 2 is 1.89 bits per heavy atom. The van der Waals surface area contributed by atoms with Crippen LogP contribution in [0.25, 0.3) is 10.9 Å². The number of carbonyl (C=O) groups is 1. The standard InChI is InChI=1S/C22H31N3O3/c1-15-11-17-13-18(21(27)24-20(17)12-16(15)2)14-25(9-6-10-26)22(28)23-19-7-4-3-5-8-19/h11-13,19,26H,3-10,14H2,1-2H3,(H,23,28)(H,24,27). The second kappa shape index (κ2) is 9.24. The smallest absolute Gasteiger partial charge is 0.317 e. The van der Waals surface area contributed by atoms with E-state index in [0.29, 0.717) is 18.5 Å². The summed E-state index contributed by atoms with van der Waals surface area (Å²) >= 11 is 0. The number of nitrogens with zero attached hydrogens (tertiary/aromatic N) is 1. The molecule has 2 amide bonds.